The van der Waals surface area contributed by atoms with Crippen molar-refractivity contribution in [3.8, 4) is 5.88 Å². The van der Waals surface area contributed by atoms with Crippen molar-refractivity contribution >= 4 is 5.91 Å². The molecule has 26 heavy (non-hydrogen) atoms. The number of nitrogens with zero attached hydrogens (tertiary/aromatic N) is 3. The summed E-state index contributed by atoms with van der Waals surface area (Å²) in [7, 11) is 2.11. The van der Waals surface area contributed by atoms with Crippen LogP contribution in [0.15, 0.2) is 41.3 Å². The Morgan fingerprint density at radius 2 is 2.31 bits per heavy atom. The summed E-state index contributed by atoms with van der Waals surface area (Å²) in [4.78, 5) is 20.6. The molecule has 2 saturated heterocycles. The number of amides is 1. The predicted octanol–water partition coefficient (Wildman–Crippen LogP) is 2.43. The molecule has 2 aliphatic rings. The third-order valence-corrected chi connectivity index (χ3v) is 5.56. The van der Waals surface area contributed by atoms with E-state index in [2.05, 4.69) is 16.9 Å². The van der Waals surface area contributed by atoms with E-state index in [1.807, 2.05) is 4.90 Å². The summed E-state index contributed by atoms with van der Waals surface area (Å²) in [5, 5.41) is 0. The zero-order chi connectivity index (χ0) is 18.1. The van der Waals surface area contributed by atoms with E-state index in [1.165, 1.54) is 24.8 Å². The maximum Gasteiger partial charge on any atom is 0.257 e. The van der Waals surface area contributed by atoms with Crippen LogP contribution in [-0.4, -0.2) is 59.5 Å². The lowest BCUT2D eigenvalue weighted by Crippen LogP contribution is -2.72. The number of piperidine rings is 1. The molecule has 1 spiro atoms. The Morgan fingerprint density at radius 3 is 3.04 bits per heavy atom. The molecule has 0 saturated carbocycles. The quantitative estimate of drug-likeness (QED) is 0.839. The Bertz CT molecular complexity index is 774. The fourth-order valence-electron chi connectivity index (χ4n) is 3.97. The average Bonchev–Trinajstić information content (AvgIpc) is 3.14. The molecule has 4 heterocycles. The largest absolute Gasteiger partial charge is 0.475 e. The number of pyridine rings is 1. The summed E-state index contributed by atoms with van der Waals surface area (Å²) in [6.45, 7) is 2.77. The van der Waals surface area contributed by atoms with Gasteiger partial charge in [-0.3, -0.25) is 9.69 Å². The van der Waals surface area contributed by atoms with Gasteiger partial charge < -0.3 is 14.1 Å². The summed E-state index contributed by atoms with van der Waals surface area (Å²) >= 11 is 0. The zero-order valence-electron chi connectivity index (χ0n) is 14.7. The SMILES string of the molecule is CN1CC[C@@H](COc2ncccc2F)CC12CN(C(=O)c1ccoc1)C2. The lowest BCUT2D eigenvalue weighted by Gasteiger charge is -2.58. The number of likely N-dealkylation sites (N-methyl/N-ethyl adjacent to an activating group) is 1. The van der Waals surface area contributed by atoms with Crippen LogP contribution in [0.5, 0.6) is 5.88 Å². The second kappa shape index (κ2) is 6.72. The molecule has 2 aliphatic heterocycles. The number of rotatable bonds is 4. The first-order valence-corrected chi connectivity index (χ1v) is 8.83. The molecule has 2 aromatic rings. The fraction of sp³-hybridized carbons (Fsp3) is 0.474. The van der Waals surface area contributed by atoms with E-state index in [4.69, 9.17) is 9.15 Å². The molecular formula is C19H22FN3O3. The van der Waals surface area contributed by atoms with Gasteiger partial charge in [0.2, 0.25) is 5.88 Å². The van der Waals surface area contributed by atoms with Gasteiger partial charge in [0.25, 0.3) is 5.91 Å². The Labute approximate surface area is 151 Å². The van der Waals surface area contributed by atoms with Gasteiger partial charge in [-0.15, -0.1) is 0 Å². The van der Waals surface area contributed by atoms with Crippen LogP contribution in [0.1, 0.15) is 23.2 Å². The van der Waals surface area contributed by atoms with Crippen molar-refractivity contribution in [2.75, 3.05) is 33.3 Å². The van der Waals surface area contributed by atoms with E-state index >= 15 is 0 Å². The summed E-state index contributed by atoms with van der Waals surface area (Å²) in [6.07, 6.45) is 6.44. The number of hydrogen-bond donors (Lipinski definition) is 0. The number of hydrogen-bond acceptors (Lipinski definition) is 5. The molecule has 0 N–H and O–H groups in total. The minimum absolute atomic E-state index is 0.00621. The van der Waals surface area contributed by atoms with Crippen LogP contribution in [0, 0.1) is 11.7 Å². The molecule has 7 heteroatoms. The Balaban J connectivity index is 1.36. The van der Waals surface area contributed by atoms with Gasteiger partial charge in [-0.05, 0) is 50.6 Å². The van der Waals surface area contributed by atoms with Crippen molar-refractivity contribution < 1.29 is 18.3 Å². The van der Waals surface area contributed by atoms with Crippen LogP contribution in [0.25, 0.3) is 0 Å². The molecule has 0 bridgehead atoms. The third kappa shape index (κ3) is 3.07. The van der Waals surface area contributed by atoms with Crippen molar-refractivity contribution in [1.29, 1.82) is 0 Å². The van der Waals surface area contributed by atoms with Crippen LogP contribution in [0.3, 0.4) is 0 Å². The van der Waals surface area contributed by atoms with Crippen molar-refractivity contribution in [1.82, 2.24) is 14.8 Å². The highest BCUT2D eigenvalue weighted by molar-refractivity contribution is 5.94. The standard InChI is InChI=1S/C19H22FN3O3/c1-22-7-4-14(10-26-17-16(20)3-2-6-21-17)9-19(22)12-23(13-19)18(24)15-5-8-25-11-15/h2-3,5-6,8,11,14H,4,7,9-10,12-13H2,1H3/t14-/m1/s1. The van der Waals surface area contributed by atoms with Crippen LogP contribution < -0.4 is 4.74 Å². The van der Waals surface area contributed by atoms with Crippen LogP contribution in [0.4, 0.5) is 4.39 Å². The Morgan fingerprint density at radius 1 is 1.46 bits per heavy atom. The normalized spacial score (nSPS) is 22.2. The average molecular weight is 359 g/mol. The van der Waals surface area contributed by atoms with E-state index in [0.29, 0.717) is 31.2 Å². The van der Waals surface area contributed by atoms with E-state index in [0.717, 1.165) is 19.4 Å². The van der Waals surface area contributed by atoms with Crippen LogP contribution in [0.2, 0.25) is 0 Å². The predicted molar refractivity (Wildman–Crippen MR) is 92.4 cm³/mol. The molecule has 0 aliphatic carbocycles. The summed E-state index contributed by atoms with van der Waals surface area (Å²) < 4.78 is 24.3. The maximum absolute atomic E-state index is 13.7. The highest BCUT2D eigenvalue weighted by Crippen LogP contribution is 2.39. The molecule has 4 rings (SSSR count). The lowest BCUT2D eigenvalue weighted by molar-refractivity contribution is -0.0697. The molecule has 1 amide bonds. The van der Waals surface area contributed by atoms with Gasteiger partial charge in [-0.1, -0.05) is 0 Å². The first kappa shape index (κ1) is 17.0. The van der Waals surface area contributed by atoms with Gasteiger partial charge in [0.15, 0.2) is 5.82 Å². The highest BCUT2D eigenvalue weighted by atomic mass is 19.1. The number of halogens is 1. The van der Waals surface area contributed by atoms with Gasteiger partial charge in [0, 0.05) is 19.3 Å². The molecule has 0 unspecified atom stereocenters. The van der Waals surface area contributed by atoms with Crippen molar-refractivity contribution in [3.63, 3.8) is 0 Å². The first-order chi connectivity index (χ1) is 12.6. The van der Waals surface area contributed by atoms with E-state index in [-0.39, 0.29) is 17.3 Å². The molecule has 138 valence electrons. The molecule has 1 atom stereocenters. The summed E-state index contributed by atoms with van der Waals surface area (Å²) in [5.41, 5.74) is 0.567. The number of carbonyl (C=O) groups is 1. The highest BCUT2D eigenvalue weighted by Gasteiger charge is 2.51. The summed E-state index contributed by atoms with van der Waals surface area (Å²) in [6, 6.07) is 4.59. The van der Waals surface area contributed by atoms with Gasteiger partial charge in [0.05, 0.1) is 24.0 Å². The van der Waals surface area contributed by atoms with Crippen LogP contribution >= 0.6 is 0 Å². The van der Waals surface area contributed by atoms with Gasteiger partial charge >= 0.3 is 0 Å². The molecule has 6 nitrogen and oxygen atoms in total. The van der Waals surface area contributed by atoms with Crippen LogP contribution in [-0.2, 0) is 0 Å². The smallest absolute Gasteiger partial charge is 0.257 e. The topological polar surface area (TPSA) is 58.8 Å². The van der Waals surface area contributed by atoms with Gasteiger partial charge in [0.1, 0.15) is 6.26 Å². The molecular weight excluding hydrogens is 337 g/mol. The van der Waals surface area contributed by atoms with Gasteiger partial charge in [-0.25, -0.2) is 9.37 Å². The first-order valence-electron chi connectivity index (χ1n) is 8.83. The number of aromatic nitrogens is 1. The molecule has 0 aromatic carbocycles. The van der Waals surface area contributed by atoms with E-state index in [1.54, 1.807) is 12.1 Å². The maximum atomic E-state index is 13.7. The van der Waals surface area contributed by atoms with Gasteiger partial charge in [-0.2, -0.15) is 0 Å². The minimum atomic E-state index is -0.435. The Hall–Kier alpha value is -2.41. The van der Waals surface area contributed by atoms with E-state index in [9.17, 15) is 9.18 Å². The van der Waals surface area contributed by atoms with E-state index < -0.39 is 5.82 Å². The summed E-state index contributed by atoms with van der Waals surface area (Å²) in [5.74, 6) is -0.0491. The number of likely N-dealkylation sites (tertiary alicyclic amines) is 2. The molecule has 2 aromatic heterocycles. The monoisotopic (exact) mass is 359 g/mol. The number of furan rings is 1. The molecule has 0 radical (unpaired) electrons. The van der Waals surface area contributed by atoms with Crippen molar-refractivity contribution in [3.05, 3.63) is 48.3 Å². The number of carbonyl (C=O) groups excluding carboxylic acids is 1. The van der Waals surface area contributed by atoms with Crippen molar-refractivity contribution in [2.45, 2.75) is 18.4 Å². The molecule has 2 fully saturated rings. The zero-order valence-corrected chi connectivity index (χ0v) is 14.7. The second-order valence-electron chi connectivity index (χ2n) is 7.28. The third-order valence-electron chi connectivity index (χ3n) is 5.56. The number of ether oxygens (including phenoxy) is 1. The van der Waals surface area contributed by atoms with Crippen molar-refractivity contribution in [2.24, 2.45) is 5.92 Å². The second-order valence-corrected chi connectivity index (χ2v) is 7.28. The Kier molecular flexibility index (Phi) is 4.40. The lowest BCUT2D eigenvalue weighted by atomic mass is 9.75. The fourth-order valence-corrected chi connectivity index (χ4v) is 3.97. The minimum Gasteiger partial charge on any atom is -0.475 e.